The quantitative estimate of drug-likeness (QED) is 0.0836. The Hall–Kier alpha value is -8.49. The molecule has 0 radical (unpaired) electrons. The summed E-state index contributed by atoms with van der Waals surface area (Å²) >= 11 is 0. The van der Waals surface area contributed by atoms with Gasteiger partial charge in [0.05, 0.1) is 33.7 Å². The van der Waals surface area contributed by atoms with Crippen LogP contribution in [-0.2, 0) is 0 Å². The number of benzene rings is 8. The average Bonchev–Trinajstić information content (AvgIpc) is 3.87. The van der Waals surface area contributed by atoms with Gasteiger partial charge in [0.2, 0.25) is 17.2 Å². The third-order valence-corrected chi connectivity index (χ3v) is 11.5. The first-order valence-electron chi connectivity index (χ1n) is 19.8. The SMILES string of the molecule is Oc1c(O)c(O)c(-c2cc(-c3ccccc3)nc(-c3ccc(-n4c5ccccc5c5cc(-c6ccccc6)cc(-c6ccccc6)c54)c4oc5ccccc5c34)c2)c(O)c1O. The van der Waals surface area contributed by atoms with E-state index in [-0.39, 0.29) is 11.1 Å². The summed E-state index contributed by atoms with van der Waals surface area (Å²) in [7, 11) is 0. The van der Waals surface area contributed by atoms with Crippen molar-refractivity contribution in [1.29, 1.82) is 0 Å². The fraction of sp³-hybridized carbons (Fsp3) is 0. The summed E-state index contributed by atoms with van der Waals surface area (Å²) in [6.45, 7) is 0. The van der Waals surface area contributed by atoms with E-state index >= 15 is 0 Å². The van der Waals surface area contributed by atoms with Crippen molar-refractivity contribution >= 4 is 43.7 Å². The second kappa shape index (κ2) is 13.8. The third kappa shape index (κ3) is 5.57. The summed E-state index contributed by atoms with van der Waals surface area (Å²) < 4.78 is 9.18. The highest BCUT2D eigenvalue weighted by Gasteiger charge is 2.27. The van der Waals surface area contributed by atoms with Gasteiger partial charge in [0.15, 0.2) is 17.1 Å². The van der Waals surface area contributed by atoms with Gasteiger partial charge in [-0.2, -0.15) is 0 Å². The standard InChI is InChI=1S/C53H34N2O6/c56-48-45(49(57)51(59)52(60)50(48)58)34-28-40(32-18-8-3-9-19-32)54-41(29-34)36-24-25-43(53-46(36)37-21-11-13-23-44(37)61-53)55-42-22-12-10-20-35(42)39-27-33(30-14-4-1-5-15-30)26-38(47(39)55)31-16-6-2-7-17-31/h1-29,56-60H. The van der Waals surface area contributed by atoms with Gasteiger partial charge in [-0.25, -0.2) is 4.98 Å². The van der Waals surface area contributed by atoms with Crippen LogP contribution in [0.4, 0.5) is 0 Å². The fourth-order valence-electron chi connectivity index (χ4n) is 8.72. The van der Waals surface area contributed by atoms with E-state index in [1.54, 1.807) is 12.1 Å². The van der Waals surface area contributed by atoms with E-state index in [9.17, 15) is 25.5 Å². The Morgan fingerprint density at radius 1 is 0.410 bits per heavy atom. The van der Waals surface area contributed by atoms with Crippen LogP contribution in [0.3, 0.4) is 0 Å². The molecular weight excluding hydrogens is 761 g/mol. The molecule has 5 N–H and O–H groups in total. The molecule has 0 aliphatic carbocycles. The van der Waals surface area contributed by atoms with Crippen LogP contribution in [0.15, 0.2) is 180 Å². The Labute approximate surface area is 348 Å². The van der Waals surface area contributed by atoms with Crippen LogP contribution in [0, 0.1) is 0 Å². The lowest BCUT2D eigenvalue weighted by atomic mass is 9.95. The van der Waals surface area contributed by atoms with Crippen LogP contribution in [0.5, 0.6) is 28.7 Å². The number of hydrogen-bond donors (Lipinski definition) is 5. The molecule has 0 amide bonds. The molecule has 292 valence electrons. The summed E-state index contributed by atoms with van der Waals surface area (Å²) in [6, 6.07) is 58.4. The smallest absolute Gasteiger partial charge is 0.208 e. The molecule has 11 rings (SSSR count). The van der Waals surface area contributed by atoms with Crippen LogP contribution in [0.1, 0.15) is 0 Å². The van der Waals surface area contributed by atoms with E-state index in [0.717, 1.165) is 66.1 Å². The van der Waals surface area contributed by atoms with Gasteiger partial charge < -0.3 is 34.5 Å². The predicted octanol–water partition coefficient (Wildman–Crippen LogP) is 12.9. The van der Waals surface area contributed by atoms with Gasteiger partial charge in [-0.3, -0.25) is 0 Å². The van der Waals surface area contributed by atoms with E-state index in [1.807, 2.05) is 84.9 Å². The first-order valence-corrected chi connectivity index (χ1v) is 19.8. The van der Waals surface area contributed by atoms with Crippen LogP contribution >= 0.6 is 0 Å². The monoisotopic (exact) mass is 794 g/mol. The Bertz CT molecular complexity index is 3490. The first-order chi connectivity index (χ1) is 29.9. The van der Waals surface area contributed by atoms with Crippen molar-refractivity contribution in [2.45, 2.75) is 0 Å². The molecule has 3 heterocycles. The minimum absolute atomic E-state index is 0.235. The van der Waals surface area contributed by atoms with Crippen molar-refractivity contribution in [2.75, 3.05) is 0 Å². The fourth-order valence-corrected chi connectivity index (χ4v) is 8.72. The predicted molar refractivity (Wildman–Crippen MR) is 241 cm³/mol. The Balaban J connectivity index is 1.24. The minimum atomic E-state index is -1.03. The van der Waals surface area contributed by atoms with E-state index in [0.29, 0.717) is 28.1 Å². The normalized spacial score (nSPS) is 11.6. The molecule has 11 aromatic rings. The van der Waals surface area contributed by atoms with Gasteiger partial charge in [-0.05, 0) is 70.8 Å². The van der Waals surface area contributed by atoms with Gasteiger partial charge >= 0.3 is 0 Å². The maximum atomic E-state index is 11.1. The van der Waals surface area contributed by atoms with Crippen molar-refractivity contribution in [3.05, 3.63) is 176 Å². The lowest BCUT2D eigenvalue weighted by molar-refractivity contribution is 0.330. The highest BCUT2D eigenvalue weighted by atomic mass is 16.4. The largest absolute Gasteiger partial charge is 0.504 e. The van der Waals surface area contributed by atoms with Gasteiger partial charge in [0, 0.05) is 38.2 Å². The third-order valence-electron chi connectivity index (χ3n) is 11.5. The molecule has 0 saturated heterocycles. The zero-order valence-corrected chi connectivity index (χ0v) is 32.3. The summed E-state index contributed by atoms with van der Waals surface area (Å²) in [5.74, 6) is -4.55. The lowest BCUT2D eigenvalue weighted by Gasteiger charge is -2.16. The second-order valence-electron chi connectivity index (χ2n) is 15.0. The highest BCUT2D eigenvalue weighted by Crippen LogP contribution is 2.55. The summed E-state index contributed by atoms with van der Waals surface area (Å²) in [4.78, 5) is 5.16. The maximum Gasteiger partial charge on any atom is 0.208 e. The number of phenols is 5. The first kappa shape index (κ1) is 35.7. The second-order valence-corrected chi connectivity index (χ2v) is 15.0. The van der Waals surface area contributed by atoms with Gasteiger partial charge in [-0.1, -0.05) is 127 Å². The summed E-state index contributed by atoms with van der Waals surface area (Å²) in [5, 5.41) is 57.5. The van der Waals surface area contributed by atoms with E-state index < -0.39 is 28.7 Å². The Morgan fingerprint density at radius 2 is 0.984 bits per heavy atom. The number of phenolic OH excluding ortho intramolecular Hbond substituents is 5. The molecule has 0 spiro atoms. The number of pyridine rings is 1. The highest BCUT2D eigenvalue weighted by molar-refractivity contribution is 6.19. The number of nitrogens with zero attached hydrogens (tertiary/aromatic N) is 2. The van der Waals surface area contributed by atoms with E-state index in [4.69, 9.17) is 9.40 Å². The molecule has 0 saturated carbocycles. The molecule has 3 aromatic heterocycles. The van der Waals surface area contributed by atoms with Crippen LogP contribution in [0.25, 0.3) is 105 Å². The topological polar surface area (TPSA) is 132 Å². The van der Waals surface area contributed by atoms with E-state index in [1.165, 1.54) is 0 Å². The molecule has 61 heavy (non-hydrogen) atoms. The average molecular weight is 795 g/mol. The number of hydrogen-bond acceptors (Lipinski definition) is 7. The number of para-hydroxylation sites is 2. The Kier molecular flexibility index (Phi) is 8.08. The molecule has 0 bridgehead atoms. The van der Waals surface area contributed by atoms with Crippen molar-refractivity contribution in [3.63, 3.8) is 0 Å². The van der Waals surface area contributed by atoms with Crippen molar-refractivity contribution in [3.8, 4) is 90.3 Å². The van der Waals surface area contributed by atoms with Gasteiger partial charge in [0.25, 0.3) is 0 Å². The van der Waals surface area contributed by atoms with Crippen molar-refractivity contribution < 1.29 is 29.9 Å². The van der Waals surface area contributed by atoms with E-state index in [2.05, 4.69) is 83.4 Å². The number of furan rings is 1. The van der Waals surface area contributed by atoms with Crippen molar-refractivity contribution in [1.82, 2.24) is 9.55 Å². The number of aromatic hydroxyl groups is 5. The molecule has 0 fully saturated rings. The lowest BCUT2D eigenvalue weighted by Crippen LogP contribution is -1.98. The van der Waals surface area contributed by atoms with Gasteiger partial charge in [0.1, 0.15) is 5.58 Å². The van der Waals surface area contributed by atoms with Crippen molar-refractivity contribution in [2.24, 2.45) is 0 Å². The number of rotatable bonds is 6. The van der Waals surface area contributed by atoms with Crippen LogP contribution < -0.4 is 0 Å². The van der Waals surface area contributed by atoms with Crippen LogP contribution in [0.2, 0.25) is 0 Å². The molecule has 8 nitrogen and oxygen atoms in total. The molecular formula is C53H34N2O6. The zero-order chi connectivity index (χ0) is 41.4. The minimum Gasteiger partial charge on any atom is -0.504 e. The summed E-state index contributed by atoms with van der Waals surface area (Å²) in [6.07, 6.45) is 0. The maximum absolute atomic E-state index is 11.1. The number of fused-ring (bicyclic) bond motifs is 6. The Morgan fingerprint density at radius 3 is 1.69 bits per heavy atom. The zero-order valence-electron chi connectivity index (χ0n) is 32.3. The van der Waals surface area contributed by atoms with Crippen LogP contribution in [-0.4, -0.2) is 35.1 Å². The molecule has 0 aliphatic heterocycles. The molecule has 8 aromatic carbocycles. The molecule has 0 atom stereocenters. The molecule has 0 aliphatic rings. The number of aromatic nitrogens is 2. The summed E-state index contributed by atoms with van der Waals surface area (Å²) in [5.41, 5.74) is 10.8. The molecule has 8 heteroatoms. The van der Waals surface area contributed by atoms with Gasteiger partial charge in [-0.15, -0.1) is 0 Å². The molecule has 0 unspecified atom stereocenters.